The van der Waals surface area contributed by atoms with Crippen molar-refractivity contribution in [2.24, 2.45) is 5.92 Å². The zero-order valence-electron chi connectivity index (χ0n) is 11.3. The van der Waals surface area contributed by atoms with Gasteiger partial charge in [-0.2, -0.15) is 13.2 Å². The van der Waals surface area contributed by atoms with Crippen molar-refractivity contribution in [1.82, 2.24) is 4.90 Å². The van der Waals surface area contributed by atoms with Crippen LogP contribution in [-0.4, -0.2) is 46.2 Å². The lowest BCUT2D eigenvalue weighted by Crippen LogP contribution is -2.51. The molecule has 8 heteroatoms. The Balaban J connectivity index is 2.22. The summed E-state index contributed by atoms with van der Waals surface area (Å²) in [7, 11) is 0. The Morgan fingerprint density at radius 1 is 1.48 bits per heavy atom. The van der Waals surface area contributed by atoms with Gasteiger partial charge in [0.1, 0.15) is 6.10 Å². The second-order valence-electron chi connectivity index (χ2n) is 5.72. The molecular formula is C13H16F5NO2. The third-order valence-corrected chi connectivity index (χ3v) is 4.20. The van der Waals surface area contributed by atoms with E-state index >= 15 is 0 Å². The van der Waals surface area contributed by atoms with Crippen LogP contribution in [0, 0.1) is 5.92 Å². The van der Waals surface area contributed by atoms with E-state index in [-0.39, 0.29) is 6.42 Å². The van der Waals surface area contributed by atoms with Crippen LogP contribution in [0.3, 0.4) is 0 Å². The highest BCUT2D eigenvalue weighted by Crippen LogP contribution is 2.46. The van der Waals surface area contributed by atoms with Crippen molar-refractivity contribution in [1.29, 1.82) is 0 Å². The van der Waals surface area contributed by atoms with Crippen molar-refractivity contribution in [2.75, 3.05) is 6.54 Å². The number of allylic oxidation sites excluding steroid dienone is 1. The molecule has 1 spiro atoms. The van der Waals surface area contributed by atoms with Crippen molar-refractivity contribution >= 4 is 5.91 Å². The van der Waals surface area contributed by atoms with E-state index in [9.17, 15) is 31.9 Å². The molecule has 120 valence electrons. The number of nitrogens with zero attached hydrogens (tertiary/aromatic N) is 1. The van der Waals surface area contributed by atoms with Gasteiger partial charge in [-0.25, -0.2) is 8.78 Å². The van der Waals surface area contributed by atoms with Gasteiger partial charge in [0, 0.05) is 6.42 Å². The highest BCUT2D eigenvalue weighted by atomic mass is 19.4. The summed E-state index contributed by atoms with van der Waals surface area (Å²) in [6, 6.07) is 0. The van der Waals surface area contributed by atoms with E-state index < -0.39 is 48.5 Å². The van der Waals surface area contributed by atoms with Crippen molar-refractivity contribution in [2.45, 2.75) is 49.9 Å². The second-order valence-corrected chi connectivity index (χ2v) is 5.72. The summed E-state index contributed by atoms with van der Waals surface area (Å²) in [5.41, 5.74) is -1.58. The molecule has 1 fully saturated rings. The molecule has 0 radical (unpaired) electrons. The molecule has 1 saturated heterocycles. The van der Waals surface area contributed by atoms with Crippen LogP contribution in [0.15, 0.2) is 12.2 Å². The minimum absolute atomic E-state index is 0.0932. The van der Waals surface area contributed by atoms with Crippen LogP contribution in [0.1, 0.15) is 26.2 Å². The van der Waals surface area contributed by atoms with E-state index in [0.717, 1.165) is 6.92 Å². The molecule has 0 aromatic carbocycles. The van der Waals surface area contributed by atoms with Crippen LogP contribution in [0.25, 0.3) is 0 Å². The number of rotatable bonds is 2. The van der Waals surface area contributed by atoms with Crippen LogP contribution >= 0.6 is 0 Å². The van der Waals surface area contributed by atoms with E-state index in [1.54, 1.807) is 6.08 Å². The number of likely N-dealkylation sites (tertiary alicyclic amines) is 1. The molecule has 1 N–H and O–H groups in total. The SMILES string of the molecule is CC(CC(=O)N1CC(F)(F)C(O)C12C=CCC2)C(F)(F)F. The number of aliphatic hydroxyl groups is 1. The molecule has 2 aliphatic rings. The molecule has 3 atom stereocenters. The van der Waals surface area contributed by atoms with Crippen molar-refractivity contribution < 1.29 is 31.9 Å². The zero-order valence-corrected chi connectivity index (χ0v) is 11.3. The molecule has 21 heavy (non-hydrogen) atoms. The summed E-state index contributed by atoms with van der Waals surface area (Å²) < 4.78 is 65.0. The number of carbonyl (C=O) groups excluding carboxylic acids is 1. The molecule has 0 saturated carbocycles. The fourth-order valence-electron chi connectivity index (χ4n) is 2.90. The maximum absolute atomic E-state index is 13.7. The van der Waals surface area contributed by atoms with E-state index in [1.165, 1.54) is 6.08 Å². The third kappa shape index (κ3) is 2.65. The first-order valence-electron chi connectivity index (χ1n) is 6.61. The predicted octanol–water partition coefficient (Wildman–Crippen LogP) is 2.50. The first-order chi connectivity index (χ1) is 9.51. The molecule has 1 aliphatic heterocycles. The summed E-state index contributed by atoms with van der Waals surface area (Å²) in [5.74, 6) is -6.45. The molecule has 1 aliphatic carbocycles. The summed E-state index contributed by atoms with van der Waals surface area (Å²) in [5, 5.41) is 9.80. The largest absolute Gasteiger partial charge is 0.392 e. The maximum Gasteiger partial charge on any atom is 0.392 e. The number of carbonyl (C=O) groups is 1. The second kappa shape index (κ2) is 4.93. The number of amides is 1. The molecule has 0 bridgehead atoms. The Morgan fingerprint density at radius 3 is 2.57 bits per heavy atom. The zero-order chi connectivity index (χ0) is 16.1. The smallest absolute Gasteiger partial charge is 0.384 e. The number of hydrogen-bond donors (Lipinski definition) is 1. The summed E-state index contributed by atoms with van der Waals surface area (Å²) in [6.45, 7) is -0.221. The van der Waals surface area contributed by atoms with Gasteiger partial charge in [0.2, 0.25) is 5.91 Å². The number of hydrogen-bond acceptors (Lipinski definition) is 2. The molecule has 1 amide bonds. The lowest BCUT2D eigenvalue weighted by Gasteiger charge is -2.35. The Bertz CT molecular complexity index is 462. The van der Waals surface area contributed by atoms with Gasteiger partial charge >= 0.3 is 6.18 Å². The third-order valence-electron chi connectivity index (χ3n) is 4.20. The Labute approximate surface area is 118 Å². The number of alkyl halides is 5. The summed E-state index contributed by atoms with van der Waals surface area (Å²) in [6.07, 6.45) is -4.19. The van der Waals surface area contributed by atoms with Gasteiger partial charge in [0.15, 0.2) is 0 Å². The van der Waals surface area contributed by atoms with Gasteiger partial charge in [-0.05, 0) is 12.8 Å². The highest BCUT2D eigenvalue weighted by molar-refractivity contribution is 5.79. The van der Waals surface area contributed by atoms with Crippen molar-refractivity contribution in [3.63, 3.8) is 0 Å². The molecule has 0 aromatic heterocycles. The fraction of sp³-hybridized carbons (Fsp3) is 0.769. The van der Waals surface area contributed by atoms with E-state index in [0.29, 0.717) is 11.3 Å². The average Bonchev–Trinajstić information content (AvgIpc) is 2.89. The molecule has 3 unspecified atom stereocenters. The number of aliphatic hydroxyl groups excluding tert-OH is 1. The minimum atomic E-state index is -4.56. The van der Waals surface area contributed by atoms with Crippen LogP contribution < -0.4 is 0 Å². The summed E-state index contributed by atoms with van der Waals surface area (Å²) >= 11 is 0. The normalized spacial score (nSPS) is 32.9. The Morgan fingerprint density at radius 2 is 2.10 bits per heavy atom. The van der Waals surface area contributed by atoms with Gasteiger partial charge in [0.25, 0.3) is 5.92 Å². The minimum Gasteiger partial charge on any atom is -0.384 e. The van der Waals surface area contributed by atoms with E-state index in [1.807, 2.05) is 0 Å². The molecular weight excluding hydrogens is 297 g/mol. The van der Waals surface area contributed by atoms with Gasteiger partial charge in [-0.15, -0.1) is 0 Å². The lowest BCUT2D eigenvalue weighted by atomic mass is 9.90. The van der Waals surface area contributed by atoms with Crippen LogP contribution in [0.2, 0.25) is 0 Å². The van der Waals surface area contributed by atoms with Crippen LogP contribution in [0.5, 0.6) is 0 Å². The maximum atomic E-state index is 13.7. The standard InChI is InChI=1S/C13H16F5NO2/c1-8(13(16,17)18)6-9(20)19-7-12(14,15)10(21)11(19)4-2-3-5-11/h2,4,8,10,21H,3,5-7H2,1H3. The van der Waals surface area contributed by atoms with Crippen molar-refractivity contribution in [3.05, 3.63) is 12.2 Å². The first-order valence-corrected chi connectivity index (χ1v) is 6.61. The van der Waals surface area contributed by atoms with Gasteiger partial charge in [-0.1, -0.05) is 19.1 Å². The fourth-order valence-corrected chi connectivity index (χ4v) is 2.90. The Hall–Kier alpha value is -1.18. The van der Waals surface area contributed by atoms with Crippen LogP contribution in [-0.2, 0) is 4.79 Å². The van der Waals surface area contributed by atoms with E-state index in [2.05, 4.69) is 0 Å². The highest BCUT2D eigenvalue weighted by Gasteiger charge is 2.63. The quantitative estimate of drug-likeness (QED) is 0.628. The molecule has 1 heterocycles. The van der Waals surface area contributed by atoms with Crippen LogP contribution in [0.4, 0.5) is 22.0 Å². The molecule has 2 rings (SSSR count). The number of halogens is 5. The van der Waals surface area contributed by atoms with Gasteiger partial charge in [0.05, 0.1) is 18.0 Å². The Kier molecular flexibility index (Phi) is 3.80. The average molecular weight is 313 g/mol. The lowest BCUT2D eigenvalue weighted by molar-refractivity contribution is -0.177. The van der Waals surface area contributed by atoms with Gasteiger partial charge < -0.3 is 10.0 Å². The predicted molar refractivity (Wildman–Crippen MR) is 63.6 cm³/mol. The van der Waals surface area contributed by atoms with Gasteiger partial charge in [-0.3, -0.25) is 4.79 Å². The van der Waals surface area contributed by atoms with Crippen molar-refractivity contribution in [3.8, 4) is 0 Å². The topological polar surface area (TPSA) is 40.5 Å². The monoisotopic (exact) mass is 313 g/mol. The first kappa shape index (κ1) is 16.2. The summed E-state index contributed by atoms with van der Waals surface area (Å²) in [4.78, 5) is 12.8. The molecule has 3 nitrogen and oxygen atoms in total. The van der Waals surface area contributed by atoms with E-state index in [4.69, 9.17) is 0 Å². The molecule has 0 aromatic rings.